The van der Waals surface area contributed by atoms with E-state index in [4.69, 9.17) is 4.74 Å². The Hall–Kier alpha value is -0.980. The van der Waals surface area contributed by atoms with Crippen LogP contribution < -0.4 is 5.32 Å². The number of halogens is 2. The number of hydrogen-bond acceptors (Lipinski definition) is 4. The second-order valence-corrected chi connectivity index (χ2v) is 5.36. The second kappa shape index (κ2) is 6.26. The number of benzene rings is 1. The quantitative estimate of drug-likeness (QED) is 0.847. The second-order valence-electron chi connectivity index (χ2n) is 3.58. The molecule has 0 spiro atoms. The first-order valence-corrected chi connectivity index (χ1v) is 7.01. The molecule has 1 heterocycles. The van der Waals surface area contributed by atoms with Crippen molar-refractivity contribution in [3.8, 4) is 11.3 Å². The zero-order valence-electron chi connectivity index (χ0n) is 9.74. The van der Waals surface area contributed by atoms with Crippen LogP contribution in [-0.4, -0.2) is 25.2 Å². The number of hydrogen-bond donors (Lipinski definition) is 1. The number of nitrogens with one attached hydrogen (secondary N) is 1. The Morgan fingerprint density at radius 1 is 1.50 bits per heavy atom. The minimum Gasteiger partial charge on any atom is -0.383 e. The Morgan fingerprint density at radius 3 is 3.11 bits per heavy atom. The Balaban J connectivity index is 2.16. The van der Waals surface area contributed by atoms with Crippen molar-refractivity contribution in [3.05, 3.63) is 33.9 Å². The molecule has 0 aliphatic rings. The van der Waals surface area contributed by atoms with E-state index in [1.165, 1.54) is 17.4 Å². The summed E-state index contributed by atoms with van der Waals surface area (Å²) < 4.78 is 19.4. The fourth-order valence-electron chi connectivity index (χ4n) is 1.43. The van der Waals surface area contributed by atoms with Crippen LogP contribution in [0.3, 0.4) is 0 Å². The molecule has 2 rings (SSSR count). The number of rotatable bonds is 5. The predicted octanol–water partition coefficient (Wildman–Crippen LogP) is 3.77. The van der Waals surface area contributed by atoms with Crippen molar-refractivity contribution in [1.29, 1.82) is 0 Å². The molecule has 0 saturated carbocycles. The van der Waals surface area contributed by atoms with E-state index in [0.717, 1.165) is 9.60 Å². The van der Waals surface area contributed by atoms with Gasteiger partial charge >= 0.3 is 0 Å². The van der Waals surface area contributed by atoms with Crippen molar-refractivity contribution in [2.75, 3.05) is 25.6 Å². The maximum atomic E-state index is 13.7. The van der Waals surface area contributed by atoms with Crippen LogP contribution in [0, 0.1) is 5.82 Å². The molecular weight excluding hydrogens is 319 g/mol. The molecule has 6 heteroatoms. The Morgan fingerprint density at radius 2 is 2.33 bits per heavy atom. The van der Waals surface area contributed by atoms with Crippen LogP contribution >= 0.6 is 27.3 Å². The zero-order valence-corrected chi connectivity index (χ0v) is 12.1. The fraction of sp³-hybridized carbons (Fsp3) is 0.250. The van der Waals surface area contributed by atoms with Gasteiger partial charge in [0.2, 0.25) is 0 Å². The van der Waals surface area contributed by atoms with Crippen molar-refractivity contribution in [2.24, 2.45) is 0 Å². The van der Waals surface area contributed by atoms with Gasteiger partial charge in [-0.15, -0.1) is 11.3 Å². The molecule has 2 aromatic rings. The van der Waals surface area contributed by atoms with Crippen LogP contribution in [0.5, 0.6) is 0 Å². The van der Waals surface area contributed by atoms with Gasteiger partial charge in [0.15, 0.2) is 5.13 Å². The first kappa shape index (κ1) is 13.5. The van der Waals surface area contributed by atoms with Gasteiger partial charge in [0.1, 0.15) is 5.82 Å². The fourth-order valence-corrected chi connectivity index (χ4v) is 2.53. The molecule has 1 aromatic heterocycles. The molecule has 0 fully saturated rings. The van der Waals surface area contributed by atoms with E-state index < -0.39 is 0 Å². The van der Waals surface area contributed by atoms with Crippen LogP contribution in [0.1, 0.15) is 0 Å². The van der Waals surface area contributed by atoms with Crippen molar-refractivity contribution in [3.63, 3.8) is 0 Å². The van der Waals surface area contributed by atoms with Gasteiger partial charge in [-0.3, -0.25) is 0 Å². The summed E-state index contributed by atoms with van der Waals surface area (Å²) in [7, 11) is 1.64. The van der Waals surface area contributed by atoms with Gasteiger partial charge in [-0.05, 0) is 18.2 Å². The number of nitrogens with zero attached hydrogens (tertiary/aromatic N) is 1. The van der Waals surface area contributed by atoms with Crippen molar-refractivity contribution >= 4 is 32.4 Å². The first-order chi connectivity index (χ1) is 8.70. The standard InChI is InChI=1S/C12H12BrFN2OS/c1-17-5-4-15-12-16-11(7-18-12)9-6-8(13)2-3-10(9)14/h2-3,6-7H,4-5H2,1H3,(H,15,16). The Labute approximate surface area is 117 Å². The molecule has 0 radical (unpaired) electrons. The molecule has 0 bridgehead atoms. The molecule has 18 heavy (non-hydrogen) atoms. The lowest BCUT2D eigenvalue weighted by molar-refractivity contribution is 0.211. The number of thiazole rings is 1. The Bertz CT molecular complexity index is 533. The summed E-state index contributed by atoms with van der Waals surface area (Å²) in [5.74, 6) is -0.271. The summed E-state index contributed by atoms with van der Waals surface area (Å²) >= 11 is 4.78. The maximum absolute atomic E-state index is 13.7. The third kappa shape index (κ3) is 3.28. The van der Waals surface area contributed by atoms with E-state index in [2.05, 4.69) is 26.2 Å². The molecule has 0 saturated heterocycles. The summed E-state index contributed by atoms with van der Waals surface area (Å²) in [5.41, 5.74) is 1.14. The van der Waals surface area contributed by atoms with Gasteiger partial charge in [0.25, 0.3) is 0 Å². The van der Waals surface area contributed by atoms with Crippen molar-refractivity contribution < 1.29 is 9.13 Å². The van der Waals surface area contributed by atoms with Crippen LogP contribution in [0.25, 0.3) is 11.3 Å². The number of aromatic nitrogens is 1. The van der Waals surface area contributed by atoms with Gasteiger partial charge in [-0.25, -0.2) is 9.37 Å². The average Bonchev–Trinajstić information content (AvgIpc) is 2.81. The highest BCUT2D eigenvalue weighted by Crippen LogP contribution is 2.29. The molecule has 96 valence electrons. The molecular formula is C12H12BrFN2OS. The maximum Gasteiger partial charge on any atom is 0.183 e. The number of anilines is 1. The number of ether oxygens (including phenoxy) is 1. The Kier molecular flexibility index (Phi) is 4.68. The topological polar surface area (TPSA) is 34.1 Å². The van der Waals surface area contributed by atoms with Crippen molar-refractivity contribution in [2.45, 2.75) is 0 Å². The minimum atomic E-state index is -0.271. The lowest BCUT2D eigenvalue weighted by Gasteiger charge is -2.01. The van der Waals surface area contributed by atoms with Gasteiger partial charge in [0.05, 0.1) is 12.3 Å². The lowest BCUT2D eigenvalue weighted by Crippen LogP contribution is -2.07. The highest BCUT2D eigenvalue weighted by Gasteiger charge is 2.09. The molecule has 0 atom stereocenters. The van der Waals surface area contributed by atoms with Gasteiger partial charge in [0, 0.05) is 29.1 Å². The summed E-state index contributed by atoms with van der Waals surface area (Å²) in [6.45, 7) is 1.30. The SMILES string of the molecule is COCCNc1nc(-c2cc(Br)ccc2F)cs1. The third-order valence-corrected chi connectivity index (χ3v) is 3.58. The van der Waals surface area contributed by atoms with E-state index in [-0.39, 0.29) is 5.82 Å². The van der Waals surface area contributed by atoms with Crippen LogP contribution in [0.4, 0.5) is 9.52 Å². The summed E-state index contributed by atoms with van der Waals surface area (Å²) in [4.78, 5) is 4.35. The molecule has 0 aliphatic heterocycles. The van der Waals surface area contributed by atoms with E-state index in [1.807, 2.05) is 5.38 Å². The normalized spacial score (nSPS) is 10.6. The predicted molar refractivity (Wildman–Crippen MR) is 75.6 cm³/mol. The van der Waals surface area contributed by atoms with E-state index in [1.54, 1.807) is 19.2 Å². The largest absolute Gasteiger partial charge is 0.383 e. The van der Waals surface area contributed by atoms with Crippen LogP contribution in [0.15, 0.2) is 28.1 Å². The van der Waals surface area contributed by atoms with Gasteiger partial charge < -0.3 is 10.1 Å². The monoisotopic (exact) mass is 330 g/mol. The number of methoxy groups -OCH3 is 1. The van der Waals surface area contributed by atoms with E-state index >= 15 is 0 Å². The minimum absolute atomic E-state index is 0.271. The van der Waals surface area contributed by atoms with Crippen LogP contribution in [-0.2, 0) is 4.74 Å². The van der Waals surface area contributed by atoms with Gasteiger partial charge in [-0.1, -0.05) is 15.9 Å². The summed E-state index contributed by atoms with van der Waals surface area (Å²) in [6, 6.07) is 4.82. The molecule has 0 amide bonds. The third-order valence-electron chi connectivity index (χ3n) is 2.29. The molecule has 0 aliphatic carbocycles. The average molecular weight is 331 g/mol. The van der Waals surface area contributed by atoms with E-state index in [0.29, 0.717) is 24.4 Å². The lowest BCUT2D eigenvalue weighted by atomic mass is 10.2. The van der Waals surface area contributed by atoms with Crippen molar-refractivity contribution in [1.82, 2.24) is 4.98 Å². The molecule has 0 unspecified atom stereocenters. The molecule has 3 nitrogen and oxygen atoms in total. The molecule has 1 N–H and O–H groups in total. The first-order valence-electron chi connectivity index (χ1n) is 5.34. The smallest absolute Gasteiger partial charge is 0.183 e. The zero-order chi connectivity index (χ0) is 13.0. The summed E-state index contributed by atoms with van der Waals surface area (Å²) in [6.07, 6.45) is 0. The summed E-state index contributed by atoms with van der Waals surface area (Å²) in [5, 5.41) is 5.72. The molecule has 1 aromatic carbocycles. The highest BCUT2D eigenvalue weighted by molar-refractivity contribution is 9.10. The van der Waals surface area contributed by atoms with E-state index in [9.17, 15) is 4.39 Å². The van der Waals surface area contributed by atoms with Crippen LogP contribution in [0.2, 0.25) is 0 Å². The van der Waals surface area contributed by atoms with Gasteiger partial charge in [-0.2, -0.15) is 0 Å². The highest BCUT2D eigenvalue weighted by atomic mass is 79.9.